The van der Waals surface area contributed by atoms with E-state index in [1.165, 1.54) is 22.2 Å². The van der Waals surface area contributed by atoms with E-state index in [1.807, 2.05) is 24.4 Å². The Morgan fingerprint density at radius 2 is 2.23 bits per heavy atom. The van der Waals surface area contributed by atoms with Crippen molar-refractivity contribution in [3.63, 3.8) is 0 Å². The fraction of sp³-hybridized carbons (Fsp3) is 0.133. The Morgan fingerprint density at radius 3 is 3.00 bits per heavy atom. The third-order valence-corrected chi connectivity index (χ3v) is 4.92. The monoisotopic (exact) mass is 377 g/mol. The average Bonchev–Trinajstić information content (AvgIpc) is 2.95. The van der Waals surface area contributed by atoms with Crippen LogP contribution in [-0.4, -0.2) is 15.5 Å². The third kappa shape index (κ3) is 2.95. The summed E-state index contributed by atoms with van der Waals surface area (Å²) in [6, 6.07) is 7.26. The number of hydrogen-bond donors (Lipinski definition) is 1. The van der Waals surface area contributed by atoms with Gasteiger partial charge in [-0.3, -0.25) is 14.2 Å². The van der Waals surface area contributed by atoms with Crippen molar-refractivity contribution < 1.29 is 4.79 Å². The first kappa shape index (κ1) is 14.9. The van der Waals surface area contributed by atoms with E-state index in [2.05, 4.69) is 26.2 Å². The van der Waals surface area contributed by atoms with Crippen molar-refractivity contribution >= 4 is 49.1 Å². The minimum atomic E-state index is -0.264. The van der Waals surface area contributed by atoms with Gasteiger partial charge in [-0.1, -0.05) is 15.9 Å². The summed E-state index contributed by atoms with van der Waals surface area (Å²) in [5, 5.41) is 5.14. The molecule has 2 heterocycles. The first-order valence-corrected chi connectivity index (χ1v) is 8.20. The maximum atomic E-state index is 12.2. The number of benzene rings is 1. The highest BCUT2D eigenvalue weighted by molar-refractivity contribution is 9.10. The molecule has 0 bridgehead atoms. The number of carbonyl (C=O) groups is 1. The average molecular weight is 378 g/mol. The van der Waals surface area contributed by atoms with Crippen LogP contribution >= 0.6 is 27.3 Å². The fourth-order valence-corrected chi connectivity index (χ4v) is 3.05. The molecule has 2 aromatic heterocycles. The summed E-state index contributed by atoms with van der Waals surface area (Å²) in [6.07, 6.45) is 1.41. The second-order valence-corrected chi connectivity index (χ2v) is 6.58. The van der Waals surface area contributed by atoms with Crippen molar-refractivity contribution in [2.45, 2.75) is 13.5 Å². The topological polar surface area (TPSA) is 64.0 Å². The van der Waals surface area contributed by atoms with Crippen molar-refractivity contribution in [2.75, 3.05) is 5.32 Å². The summed E-state index contributed by atoms with van der Waals surface area (Å²) < 4.78 is 2.30. The molecule has 0 aliphatic heterocycles. The van der Waals surface area contributed by atoms with E-state index in [1.54, 1.807) is 12.1 Å². The molecule has 1 N–H and O–H groups in total. The molecule has 0 aliphatic carbocycles. The number of amides is 1. The minimum absolute atomic E-state index is 0.0628. The second kappa shape index (κ2) is 6.02. The molecular formula is C15H12BrN3O2S. The Hall–Kier alpha value is -1.99. The number of nitrogens with zero attached hydrogens (tertiary/aromatic N) is 2. The predicted octanol–water partition coefficient (Wildman–Crippen LogP) is 3.17. The molecule has 7 heteroatoms. The lowest BCUT2D eigenvalue weighted by molar-refractivity contribution is -0.116. The number of carbonyl (C=O) groups excluding carboxylic acids is 1. The van der Waals surface area contributed by atoms with Gasteiger partial charge in [0.25, 0.3) is 5.56 Å². The molecular weight excluding hydrogens is 366 g/mol. The van der Waals surface area contributed by atoms with Gasteiger partial charge in [-0.05, 0) is 42.1 Å². The number of fused-ring (bicyclic) bond motifs is 1. The summed E-state index contributed by atoms with van der Waals surface area (Å²) in [5.74, 6) is -0.264. The molecule has 3 rings (SSSR count). The van der Waals surface area contributed by atoms with E-state index in [0.717, 1.165) is 10.0 Å². The van der Waals surface area contributed by atoms with Crippen molar-refractivity contribution in [1.82, 2.24) is 9.55 Å². The number of rotatable bonds is 3. The van der Waals surface area contributed by atoms with Crippen LogP contribution in [0.5, 0.6) is 0 Å². The third-order valence-electron chi connectivity index (χ3n) is 3.21. The lowest BCUT2D eigenvalue weighted by atomic mass is 10.2. The largest absolute Gasteiger partial charge is 0.325 e. The molecule has 22 heavy (non-hydrogen) atoms. The number of nitrogens with one attached hydrogen (secondary N) is 1. The van der Waals surface area contributed by atoms with Gasteiger partial charge in [0.1, 0.15) is 11.4 Å². The van der Waals surface area contributed by atoms with Gasteiger partial charge in [0.15, 0.2) is 0 Å². The van der Waals surface area contributed by atoms with E-state index in [-0.39, 0.29) is 18.0 Å². The van der Waals surface area contributed by atoms with Crippen LogP contribution in [0, 0.1) is 6.92 Å². The molecule has 0 saturated heterocycles. The van der Waals surface area contributed by atoms with Crippen LogP contribution in [0.3, 0.4) is 0 Å². The number of aromatic nitrogens is 2. The summed E-state index contributed by atoms with van der Waals surface area (Å²) in [6.45, 7) is 1.88. The van der Waals surface area contributed by atoms with Gasteiger partial charge in [0.2, 0.25) is 5.91 Å². The van der Waals surface area contributed by atoms with Crippen LogP contribution in [0.4, 0.5) is 5.69 Å². The molecule has 0 spiro atoms. The summed E-state index contributed by atoms with van der Waals surface area (Å²) in [7, 11) is 0. The van der Waals surface area contributed by atoms with E-state index < -0.39 is 0 Å². The Bertz CT molecular complexity index is 917. The van der Waals surface area contributed by atoms with Gasteiger partial charge in [-0.25, -0.2) is 4.98 Å². The minimum Gasteiger partial charge on any atom is -0.325 e. The second-order valence-electron chi connectivity index (χ2n) is 4.83. The standard InChI is InChI=1S/C15H12BrN3O2S/c1-9-6-10(2-3-12(9)16)18-13(20)7-19-8-17-14-11(15(19)21)4-5-22-14/h2-6,8H,7H2,1H3,(H,18,20). The Morgan fingerprint density at radius 1 is 1.41 bits per heavy atom. The van der Waals surface area contributed by atoms with E-state index in [0.29, 0.717) is 15.9 Å². The van der Waals surface area contributed by atoms with E-state index in [9.17, 15) is 9.59 Å². The summed E-state index contributed by atoms with van der Waals surface area (Å²) in [5.41, 5.74) is 1.52. The van der Waals surface area contributed by atoms with Crippen molar-refractivity contribution in [3.05, 3.63) is 56.4 Å². The van der Waals surface area contributed by atoms with Gasteiger partial charge in [0, 0.05) is 10.2 Å². The van der Waals surface area contributed by atoms with E-state index >= 15 is 0 Å². The van der Waals surface area contributed by atoms with Crippen molar-refractivity contribution in [1.29, 1.82) is 0 Å². The molecule has 0 fully saturated rings. The van der Waals surface area contributed by atoms with Crippen LogP contribution < -0.4 is 10.9 Å². The van der Waals surface area contributed by atoms with Crippen molar-refractivity contribution in [3.8, 4) is 0 Å². The maximum Gasteiger partial charge on any atom is 0.262 e. The first-order valence-electron chi connectivity index (χ1n) is 6.53. The molecule has 0 aliphatic rings. The molecule has 0 saturated carbocycles. The lowest BCUT2D eigenvalue weighted by Gasteiger charge is -2.08. The smallest absolute Gasteiger partial charge is 0.262 e. The predicted molar refractivity (Wildman–Crippen MR) is 91.4 cm³/mol. The Kier molecular flexibility index (Phi) is 4.08. The number of hydrogen-bond acceptors (Lipinski definition) is 4. The van der Waals surface area contributed by atoms with Crippen LogP contribution in [0.25, 0.3) is 10.2 Å². The van der Waals surface area contributed by atoms with Gasteiger partial charge in [-0.15, -0.1) is 11.3 Å². The molecule has 0 radical (unpaired) electrons. The zero-order valence-corrected chi connectivity index (χ0v) is 14.1. The fourth-order valence-electron chi connectivity index (χ4n) is 2.08. The highest BCUT2D eigenvalue weighted by Crippen LogP contribution is 2.20. The van der Waals surface area contributed by atoms with Gasteiger partial charge in [-0.2, -0.15) is 0 Å². The Labute approximate surface area is 138 Å². The number of thiophene rings is 1. The van der Waals surface area contributed by atoms with Crippen LogP contribution in [-0.2, 0) is 11.3 Å². The molecule has 0 unspecified atom stereocenters. The van der Waals surface area contributed by atoms with E-state index in [4.69, 9.17) is 0 Å². The lowest BCUT2D eigenvalue weighted by Crippen LogP contribution is -2.27. The van der Waals surface area contributed by atoms with Gasteiger partial charge in [0.05, 0.1) is 11.7 Å². The Balaban J connectivity index is 1.79. The molecule has 1 aromatic carbocycles. The molecule has 0 atom stereocenters. The molecule has 3 aromatic rings. The zero-order valence-electron chi connectivity index (χ0n) is 11.7. The van der Waals surface area contributed by atoms with Crippen LogP contribution in [0.1, 0.15) is 5.56 Å². The zero-order chi connectivity index (χ0) is 15.7. The summed E-state index contributed by atoms with van der Waals surface area (Å²) >= 11 is 4.82. The van der Waals surface area contributed by atoms with Gasteiger partial charge < -0.3 is 5.32 Å². The highest BCUT2D eigenvalue weighted by Gasteiger charge is 2.09. The highest BCUT2D eigenvalue weighted by atomic mass is 79.9. The number of halogens is 1. The van der Waals surface area contributed by atoms with Gasteiger partial charge >= 0.3 is 0 Å². The van der Waals surface area contributed by atoms with Crippen LogP contribution in [0.15, 0.2) is 45.2 Å². The normalized spacial score (nSPS) is 10.8. The quantitative estimate of drug-likeness (QED) is 0.762. The van der Waals surface area contributed by atoms with Crippen LogP contribution in [0.2, 0.25) is 0 Å². The number of aryl methyl sites for hydroxylation is 1. The SMILES string of the molecule is Cc1cc(NC(=O)Cn2cnc3sccc3c2=O)ccc1Br. The summed E-state index contributed by atoms with van der Waals surface area (Å²) in [4.78, 5) is 29.2. The molecule has 112 valence electrons. The number of anilines is 1. The molecule has 5 nitrogen and oxygen atoms in total. The first-order chi connectivity index (χ1) is 10.5. The molecule has 1 amide bonds. The van der Waals surface area contributed by atoms with Crippen molar-refractivity contribution in [2.24, 2.45) is 0 Å². The maximum absolute atomic E-state index is 12.2.